The van der Waals surface area contributed by atoms with Crippen LogP contribution in [0.25, 0.3) is 10.2 Å². The van der Waals surface area contributed by atoms with Gasteiger partial charge in [0.15, 0.2) is 5.13 Å². The molecule has 0 spiro atoms. The second kappa shape index (κ2) is 8.43. The van der Waals surface area contributed by atoms with E-state index in [0.717, 1.165) is 48.1 Å². The van der Waals surface area contributed by atoms with Crippen molar-refractivity contribution in [3.63, 3.8) is 0 Å². The zero-order chi connectivity index (χ0) is 19.5. The molecule has 28 heavy (non-hydrogen) atoms. The fourth-order valence-corrected chi connectivity index (χ4v) is 4.58. The second-order valence-corrected chi connectivity index (χ2v) is 8.09. The zero-order valence-corrected chi connectivity index (χ0v) is 16.8. The summed E-state index contributed by atoms with van der Waals surface area (Å²) in [6.07, 6.45) is 0. The van der Waals surface area contributed by atoms with Crippen LogP contribution in [0.3, 0.4) is 0 Å². The van der Waals surface area contributed by atoms with Crippen LogP contribution in [0, 0.1) is 5.82 Å². The van der Waals surface area contributed by atoms with E-state index < -0.39 is 5.82 Å². The van der Waals surface area contributed by atoms with Gasteiger partial charge in [-0.3, -0.25) is 9.69 Å². The minimum Gasteiger partial charge on any atom is -0.351 e. The summed E-state index contributed by atoms with van der Waals surface area (Å²) in [7, 11) is 0. The average Bonchev–Trinajstić information content (AvgIpc) is 3.14. The summed E-state index contributed by atoms with van der Waals surface area (Å²) in [6, 6.07) is 11.6. The van der Waals surface area contributed by atoms with Crippen LogP contribution in [-0.2, 0) is 0 Å². The molecular formula is C20H20ClFN4OS. The van der Waals surface area contributed by atoms with E-state index >= 15 is 0 Å². The number of para-hydroxylation sites is 1. The molecule has 1 fully saturated rings. The first kappa shape index (κ1) is 19.1. The van der Waals surface area contributed by atoms with E-state index in [1.807, 2.05) is 18.2 Å². The van der Waals surface area contributed by atoms with Gasteiger partial charge < -0.3 is 10.2 Å². The summed E-state index contributed by atoms with van der Waals surface area (Å²) in [4.78, 5) is 21.3. The van der Waals surface area contributed by atoms with E-state index in [1.165, 1.54) is 12.1 Å². The molecule has 1 aliphatic rings. The molecule has 0 radical (unpaired) electrons. The number of carbonyl (C=O) groups excluding carboxylic acids is 1. The third-order valence-electron chi connectivity index (χ3n) is 4.80. The number of halogens is 2. The predicted molar refractivity (Wildman–Crippen MR) is 112 cm³/mol. The van der Waals surface area contributed by atoms with Crippen molar-refractivity contribution in [2.24, 2.45) is 0 Å². The Labute approximate surface area is 171 Å². The first-order valence-electron chi connectivity index (χ1n) is 9.16. The topological polar surface area (TPSA) is 48.5 Å². The fraction of sp³-hybridized carbons (Fsp3) is 0.300. The van der Waals surface area contributed by atoms with Crippen molar-refractivity contribution in [2.75, 3.05) is 44.2 Å². The van der Waals surface area contributed by atoms with Crippen LogP contribution in [0.5, 0.6) is 0 Å². The van der Waals surface area contributed by atoms with Crippen molar-refractivity contribution >= 4 is 44.2 Å². The summed E-state index contributed by atoms with van der Waals surface area (Å²) < 4.78 is 14.3. The number of hydrogen-bond donors (Lipinski definition) is 1. The lowest BCUT2D eigenvalue weighted by molar-refractivity contribution is 0.0947. The molecule has 2 heterocycles. The number of thiazole rings is 1. The average molecular weight is 419 g/mol. The first-order valence-corrected chi connectivity index (χ1v) is 10.4. The van der Waals surface area contributed by atoms with Crippen molar-refractivity contribution in [2.45, 2.75) is 0 Å². The Morgan fingerprint density at radius 2 is 1.96 bits per heavy atom. The van der Waals surface area contributed by atoms with E-state index in [9.17, 15) is 9.18 Å². The van der Waals surface area contributed by atoms with Crippen LogP contribution in [0.4, 0.5) is 9.52 Å². The molecule has 0 saturated carbocycles. The number of amides is 1. The number of nitrogens with zero attached hydrogens (tertiary/aromatic N) is 3. The van der Waals surface area contributed by atoms with Gasteiger partial charge in [-0.15, -0.1) is 0 Å². The highest BCUT2D eigenvalue weighted by atomic mass is 35.5. The Kier molecular flexibility index (Phi) is 5.75. The van der Waals surface area contributed by atoms with E-state index in [2.05, 4.69) is 15.1 Å². The minimum absolute atomic E-state index is 0.246. The molecule has 1 amide bonds. The van der Waals surface area contributed by atoms with E-state index in [0.29, 0.717) is 17.1 Å². The van der Waals surface area contributed by atoms with Crippen LogP contribution >= 0.6 is 22.9 Å². The Morgan fingerprint density at radius 1 is 1.18 bits per heavy atom. The molecule has 8 heteroatoms. The number of rotatable bonds is 5. The van der Waals surface area contributed by atoms with Gasteiger partial charge in [-0.25, -0.2) is 9.37 Å². The molecule has 146 valence electrons. The van der Waals surface area contributed by atoms with E-state index in [-0.39, 0.29) is 5.91 Å². The van der Waals surface area contributed by atoms with Gasteiger partial charge in [0, 0.05) is 44.8 Å². The number of nitrogens with one attached hydrogen (secondary N) is 1. The first-order chi connectivity index (χ1) is 13.6. The maximum absolute atomic E-state index is 13.2. The van der Waals surface area contributed by atoms with Crippen LogP contribution in [0.2, 0.25) is 5.02 Å². The summed E-state index contributed by atoms with van der Waals surface area (Å²) in [6.45, 7) is 4.87. The lowest BCUT2D eigenvalue weighted by Gasteiger charge is -2.34. The second-order valence-electron chi connectivity index (χ2n) is 6.68. The standard InChI is InChI=1S/C20H20ClFN4OS/c21-16-5-2-6-17-18(16)24-20(28-17)26-11-9-25(10-12-26)8-7-23-19(27)14-3-1-4-15(22)13-14/h1-6,13H,7-12H2,(H,23,27). The fourth-order valence-electron chi connectivity index (χ4n) is 3.26. The monoisotopic (exact) mass is 418 g/mol. The highest BCUT2D eigenvalue weighted by Crippen LogP contribution is 2.33. The Bertz CT molecular complexity index is 987. The third kappa shape index (κ3) is 4.27. The molecule has 1 saturated heterocycles. The molecule has 1 aliphatic heterocycles. The third-order valence-corrected chi connectivity index (χ3v) is 6.19. The molecular weight excluding hydrogens is 399 g/mol. The number of anilines is 1. The maximum Gasteiger partial charge on any atom is 0.251 e. The molecule has 0 unspecified atom stereocenters. The largest absolute Gasteiger partial charge is 0.351 e. The van der Waals surface area contributed by atoms with Crippen LogP contribution in [0.1, 0.15) is 10.4 Å². The smallest absolute Gasteiger partial charge is 0.251 e. The van der Waals surface area contributed by atoms with Gasteiger partial charge in [0.25, 0.3) is 5.91 Å². The van der Waals surface area contributed by atoms with Gasteiger partial charge >= 0.3 is 0 Å². The lowest BCUT2D eigenvalue weighted by Crippen LogP contribution is -2.48. The number of aromatic nitrogens is 1. The van der Waals surface area contributed by atoms with Gasteiger partial charge in [-0.05, 0) is 30.3 Å². The van der Waals surface area contributed by atoms with Gasteiger partial charge in [0.05, 0.1) is 9.72 Å². The van der Waals surface area contributed by atoms with Crippen molar-refractivity contribution in [3.8, 4) is 0 Å². The maximum atomic E-state index is 13.2. The lowest BCUT2D eigenvalue weighted by atomic mass is 10.2. The van der Waals surface area contributed by atoms with Crippen LogP contribution in [0.15, 0.2) is 42.5 Å². The van der Waals surface area contributed by atoms with E-state index in [1.54, 1.807) is 23.5 Å². The molecule has 0 aliphatic carbocycles. The van der Waals surface area contributed by atoms with E-state index in [4.69, 9.17) is 16.6 Å². The molecule has 4 rings (SSSR count). The summed E-state index contributed by atoms with van der Waals surface area (Å²) in [5.41, 5.74) is 1.21. The molecule has 0 atom stereocenters. The summed E-state index contributed by atoms with van der Waals surface area (Å²) in [5.74, 6) is -0.649. The van der Waals surface area contributed by atoms with Gasteiger partial charge in [-0.1, -0.05) is 35.1 Å². The van der Waals surface area contributed by atoms with Gasteiger partial charge in [-0.2, -0.15) is 0 Å². The quantitative estimate of drug-likeness (QED) is 0.687. The van der Waals surface area contributed by atoms with Crippen molar-refractivity contribution in [1.82, 2.24) is 15.2 Å². The number of piperazine rings is 1. The Hall–Kier alpha value is -2.22. The zero-order valence-electron chi connectivity index (χ0n) is 15.2. The molecule has 0 bridgehead atoms. The van der Waals surface area contributed by atoms with Gasteiger partial charge in [0.1, 0.15) is 11.3 Å². The number of carbonyl (C=O) groups is 1. The summed E-state index contributed by atoms with van der Waals surface area (Å²) >= 11 is 7.89. The molecule has 2 aromatic carbocycles. The summed E-state index contributed by atoms with van der Waals surface area (Å²) in [5, 5.41) is 4.54. The minimum atomic E-state index is -0.403. The predicted octanol–water partition coefficient (Wildman–Crippen LogP) is 3.64. The van der Waals surface area contributed by atoms with Crippen molar-refractivity contribution in [1.29, 1.82) is 0 Å². The van der Waals surface area contributed by atoms with Gasteiger partial charge in [0.2, 0.25) is 0 Å². The van der Waals surface area contributed by atoms with Crippen molar-refractivity contribution in [3.05, 3.63) is 58.9 Å². The Balaban J connectivity index is 1.26. The Morgan fingerprint density at radius 3 is 2.71 bits per heavy atom. The SMILES string of the molecule is O=C(NCCN1CCN(c2nc3c(Cl)cccc3s2)CC1)c1cccc(F)c1. The molecule has 3 aromatic rings. The van der Waals surface area contributed by atoms with Crippen LogP contribution in [-0.4, -0.2) is 55.1 Å². The molecule has 5 nitrogen and oxygen atoms in total. The number of benzene rings is 2. The normalized spacial score (nSPS) is 15.1. The molecule has 1 N–H and O–H groups in total. The van der Waals surface area contributed by atoms with Crippen molar-refractivity contribution < 1.29 is 9.18 Å². The number of hydrogen-bond acceptors (Lipinski definition) is 5. The highest BCUT2D eigenvalue weighted by Gasteiger charge is 2.20. The van der Waals surface area contributed by atoms with Crippen LogP contribution < -0.4 is 10.2 Å². The highest BCUT2D eigenvalue weighted by molar-refractivity contribution is 7.22. The number of fused-ring (bicyclic) bond motifs is 1. The molecule has 1 aromatic heterocycles.